The average molecular weight is 114 g/mol. The zero-order valence-corrected chi connectivity index (χ0v) is 5.37. The SMILES string of the molecule is C=C(C)C/C=C(\C)F. The van der Waals surface area contributed by atoms with Gasteiger partial charge in [0.05, 0.1) is 5.83 Å². The summed E-state index contributed by atoms with van der Waals surface area (Å²) in [6.07, 6.45) is 2.17. The van der Waals surface area contributed by atoms with Crippen LogP contribution in [0.15, 0.2) is 24.1 Å². The van der Waals surface area contributed by atoms with Crippen molar-refractivity contribution in [1.82, 2.24) is 0 Å². The van der Waals surface area contributed by atoms with Crippen molar-refractivity contribution in [1.29, 1.82) is 0 Å². The first-order valence-electron chi connectivity index (χ1n) is 2.59. The molecule has 0 bridgehead atoms. The van der Waals surface area contributed by atoms with Crippen LogP contribution in [-0.2, 0) is 0 Å². The molecule has 0 saturated heterocycles. The van der Waals surface area contributed by atoms with Crippen LogP contribution in [0.3, 0.4) is 0 Å². The molecule has 0 aliphatic carbocycles. The highest BCUT2D eigenvalue weighted by molar-refractivity contribution is 5.00. The minimum atomic E-state index is -0.131. The van der Waals surface area contributed by atoms with Crippen molar-refractivity contribution in [3.05, 3.63) is 24.1 Å². The van der Waals surface area contributed by atoms with E-state index < -0.39 is 0 Å². The predicted molar refractivity (Wildman–Crippen MR) is 34.3 cm³/mol. The third-order valence-electron chi connectivity index (χ3n) is 0.732. The number of halogens is 1. The molecule has 0 radical (unpaired) electrons. The highest BCUT2D eigenvalue weighted by Crippen LogP contribution is 2.01. The molecule has 0 spiro atoms. The lowest BCUT2D eigenvalue weighted by atomic mass is 10.2. The molecule has 0 rings (SSSR count). The molecule has 1 heteroatoms. The van der Waals surface area contributed by atoms with Gasteiger partial charge in [0.25, 0.3) is 0 Å². The molecule has 0 aliphatic heterocycles. The quantitative estimate of drug-likeness (QED) is 0.484. The number of hydrogen-bond acceptors (Lipinski definition) is 0. The molecule has 0 fully saturated rings. The molecule has 0 atom stereocenters. The zero-order valence-electron chi connectivity index (χ0n) is 5.37. The lowest BCUT2D eigenvalue weighted by Crippen LogP contribution is -1.67. The fourth-order valence-electron chi connectivity index (χ4n) is 0.315. The molecule has 0 aromatic carbocycles. The molecule has 0 heterocycles. The minimum absolute atomic E-state index is 0.131. The lowest BCUT2D eigenvalue weighted by molar-refractivity contribution is 0.635. The maximum Gasteiger partial charge on any atom is 0.0932 e. The summed E-state index contributed by atoms with van der Waals surface area (Å²) in [6, 6.07) is 0. The van der Waals surface area contributed by atoms with Crippen LogP contribution < -0.4 is 0 Å². The first-order valence-corrected chi connectivity index (χ1v) is 2.59. The second-order valence-electron chi connectivity index (χ2n) is 1.95. The van der Waals surface area contributed by atoms with Gasteiger partial charge in [0.15, 0.2) is 0 Å². The summed E-state index contributed by atoms with van der Waals surface area (Å²) in [7, 11) is 0. The zero-order chi connectivity index (χ0) is 6.57. The smallest absolute Gasteiger partial charge is 0.0932 e. The molecular weight excluding hydrogens is 103 g/mol. The fraction of sp³-hybridized carbons (Fsp3) is 0.429. The average Bonchev–Trinajstić information content (AvgIpc) is 1.61. The van der Waals surface area contributed by atoms with Gasteiger partial charge in [-0.25, -0.2) is 4.39 Å². The summed E-state index contributed by atoms with van der Waals surface area (Å²) in [5.41, 5.74) is 0.988. The Hall–Kier alpha value is -0.590. The van der Waals surface area contributed by atoms with Crippen LogP contribution in [0.1, 0.15) is 20.3 Å². The van der Waals surface area contributed by atoms with E-state index in [2.05, 4.69) is 6.58 Å². The Balaban J connectivity index is 3.45. The number of allylic oxidation sites excluding steroid dienone is 3. The molecule has 0 nitrogen and oxygen atoms in total. The lowest BCUT2D eigenvalue weighted by Gasteiger charge is -1.87. The van der Waals surface area contributed by atoms with Crippen LogP contribution in [0.5, 0.6) is 0 Å². The van der Waals surface area contributed by atoms with Gasteiger partial charge >= 0.3 is 0 Å². The Morgan fingerprint density at radius 3 is 2.25 bits per heavy atom. The van der Waals surface area contributed by atoms with E-state index in [1.165, 1.54) is 13.0 Å². The van der Waals surface area contributed by atoms with E-state index in [1.807, 2.05) is 6.92 Å². The largest absolute Gasteiger partial charge is 0.212 e. The van der Waals surface area contributed by atoms with Crippen molar-refractivity contribution in [3.63, 3.8) is 0 Å². The molecule has 0 aliphatic rings. The molecule has 0 unspecified atom stereocenters. The van der Waals surface area contributed by atoms with E-state index in [0.29, 0.717) is 6.42 Å². The van der Waals surface area contributed by atoms with Gasteiger partial charge in [0, 0.05) is 0 Å². The van der Waals surface area contributed by atoms with Crippen molar-refractivity contribution >= 4 is 0 Å². The highest BCUT2D eigenvalue weighted by atomic mass is 19.1. The molecular formula is C7H11F. The van der Waals surface area contributed by atoms with E-state index in [1.54, 1.807) is 0 Å². The van der Waals surface area contributed by atoms with Crippen LogP contribution in [0.4, 0.5) is 4.39 Å². The van der Waals surface area contributed by atoms with Crippen LogP contribution in [-0.4, -0.2) is 0 Å². The van der Waals surface area contributed by atoms with E-state index in [-0.39, 0.29) is 5.83 Å². The highest BCUT2D eigenvalue weighted by Gasteiger charge is 1.81. The Labute approximate surface area is 49.7 Å². The maximum atomic E-state index is 11.9. The van der Waals surface area contributed by atoms with Crippen molar-refractivity contribution in [2.75, 3.05) is 0 Å². The van der Waals surface area contributed by atoms with Gasteiger partial charge in [0.1, 0.15) is 0 Å². The predicted octanol–water partition coefficient (Wildman–Crippen LogP) is 2.83. The normalized spacial score (nSPS) is 11.6. The van der Waals surface area contributed by atoms with E-state index in [4.69, 9.17) is 0 Å². The standard InChI is InChI=1S/C7H11F/c1-6(2)4-5-7(3)8/h5H,1,4H2,2-3H3/b7-5+. The molecule has 8 heavy (non-hydrogen) atoms. The summed E-state index contributed by atoms with van der Waals surface area (Å²) < 4.78 is 11.9. The first-order chi connectivity index (χ1) is 3.63. The van der Waals surface area contributed by atoms with Crippen LogP contribution in [0.25, 0.3) is 0 Å². The van der Waals surface area contributed by atoms with Crippen molar-refractivity contribution in [2.24, 2.45) is 0 Å². The Morgan fingerprint density at radius 2 is 2.12 bits per heavy atom. The summed E-state index contributed by atoms with van der Waals surface area (Å²) in [4.78, 5) is 0. The van der Waals surface area contributed by atoms with Crippen molar-refractivity contribution in [2.45, 2.75) is 20.3 Å². The van der Waals surface area contributed by atoms with Gasteiger partial charge in [-0.05, 0) is 26.3 Å². The summed E-state index contributed by atoms with van der Waals surface area (Å²) in [5, 5.41) is 0. The van der Waals surface area contributed by atoms with Crippen LogP contribution in [0.2, 0.25) is 0 Å². The van der Waals surface area contributed by atoms with Gasteiger partial charge in [-0.15, -0.1) is 0 Å². The molecule has 0 amide bonds. The molecule has 0 aromatic rings. The second kappa shape index (κ2) is 3.42. The van der Waals surface area contributed by atoms with E-state index in [9.17, 15) is 4.39 Å². The van der Waals surface area contributed by atoms with Gasteiger partial charge in [-0.2, -0.15) is 0 Å². The van der Waals surface area contributed by atoms with Gasteiger partial charge in [-0.3, -0.25) is 0 Å². The van der Waals surface area contributed by atoms with Gasteiger partial charge < -0.3 is 0 Å². The Morgan fingerprint density at radius 1 is 1.62 bits per heavy atom. The fourth-order valence-corrected chi connectivity index (χ4v) is 0.315. The summed E-state index contributed by atoms with van der Waals surface area (Å²) >= 11 is 0. The second-order valence-corrected chi connectivity index (χ2v) is 1.95. The number of hydrogen-bond donors (Lipinski definition) is 0. The monoisotopic (exact) mass is 114 g/mol. The third kappa shape index (κ3) is 5.41. The Kier molecular flexibility index (Phi) is 3.16. The first kappa shape index (κ1) is 7.41. The van der Waals surface area contributed by atoms with Crippen molar-refractivity contribution < 1.29 is 4.39 Å². The number of rotatable bonds is 2. The van der Waals surface area contributed by atoms with Crippen LogP contribution >= 0.6 is 0 Å². The minimum Gasteiger partial charge on any atom is -0.212 e. The Bertz CT molecular complexity index is 108. The molecule has 46 valence electrons. The summed E-state index contributed by atoms with van der Waals surface area (Å²) in [6.45, 7) is 6.92. The van der Waals surface area contributed by atoms with Crippen LogP contribution in [0, 0.1) is 0 Å². The summed E-state index contributed by atoms with van der Waals surface area (Å²) in [5.74, 6) is -0.131. The van der Waals surface area contributed by atoms with Gasteiger partial charge in [0.2, 0.25) is 0 Å². The molecule has 0 aromatic heterocycles. The van der Waals surface area contributed by atoms with Crippen molar-refractivity contribution in [3.8, 4) is 0 Å². The molecule has 0 N–H and O–H groups in total. The topological polar surface area (TPSA) is 0 Å². The van der Waals surface area contributed by atoms with Gasteiger partial charge in [-0.1, -0.05) is 12.2 Å². The van der Waals surface area contributed by atoms with E-state index >= 15 is 0 Å². The maximum absolute atomic E-state index is 11.9. The molecule has 0 saturated carbocycles. The van der Waals surface area contributed by atoms with E-state index in [0.717, 1.165) is 5.57 Å². The third-order valence-corrected chi connectivity index (χ3v) is 0.732.